The molecule has 0 bridgehead atoms. The Labute approximate surface area is 164 Å². The summed E-state index contributed by atoms with van der Waals surface area (Å²) in [5.41, 5.74) is 0.664. The first kappa shape index (κ1) is 20.2. The van der Waals surface area contributed by atoms with Crippen molar-refractivity contribution in [3.05, 3.63) is 59.2 Å². The zero-order valence-corrected chi connectivity index (χ0v) is 15.4. The lowest BCUT2D eigenvalue weighted by Crippen LogP contribution is -2.33. The number of ether oxygens (including phenoxy) is 3. The van der Waals surface area contributed by atoms with Crippen molar-refractivity contribution in [1.29, 1.82) is 0 Å². The molecule has 152 valence electrons. The Balaban J connectivity index is 1.62. The fraction of sp³-hybridized carbons (Fsp3) is 0.250. The summed E-state index contributed by atoms with van der Waals surface area (Å²) < 4.78 is 39.6. The van der Waals surface area contributed by atoms with Crippen molar-refractivity contribution in [3.63, 3.8) is 0 Å². The molecule has 0 N–H and O–H groups in total. The molecule has 3 rings (SSSR count). The van der Waals surface area contributed by atoms with Gasteiger partial charge in [-0.25, -0.2) is 4.79 Å². The number of esters is 1. The van der Waals surface area contributed by atoms with Crippen molar-refractivity contribution in [3.8, 4) is 11.5 Å². The van der Waals surface area contributed by atoms with Crippen LogP contribution in [-0.2, 0) is 4.74 Å². The van der Waals surface area contributed by atoms with Crippen LogP contribution in [0.1, 0.15) is 38.0 Å². The van der Waals surface area contributed by atoms with Crippen LogP contribution in [0.15, 0.2) is 42.5 Å². The highest BCUT2D eigenvalue weighted by Gasteiger charge is 2.34. The lowest BCUT2D eigenvalue weighted by Gasteiger charge is -2.15. The first-order valence-electron chi connectivity index (χ1n) is 8.76. The first-order chi connectivity index (χ1) is 13.9. The number of carbonyl (C=O) groups excluding carboxylic acids is 3. The summed E-state index contributed by atoms with van der Waals surface area (Å²) in [5.74, 6) is -1.89. The fourth-order valence-electron chi connectivity index (χ4n) is 2.85. The molecule has 0 saturated carbocycles. The molecule has 0 spiro atoms. The van der Waals surface area contributed by atoms with Crippen molar-refractivity contribution < 1.29 is 37.4 Å². The van der Waals surface area contributed by atoms with E-state index in [1.54, 1.807) is 31.2 Å². The number of halogens is 2. The summed E-state index contributed by atoms with van der Waals surface area (Å²) in [4.78, 5) is 37.8. The molecule has 29 heavy (non-hydrogen) atoms. The SMILES string of the molecule is CCOc1cc(C(=O)OCCN2C(=O)c3ccccc3C2=O)ccc1OC(F)F. The second-order valence-corrected chi connectivity index (χ2v) is 5.92. The molecule has 1 aliphatic rings. The van der Waals surface area contributed by atoms with Gasteiger partial charge in [-0.15, -0.1) is 0 Å². The van der Waals surface area contributed by atoms with Gasteiger partial charge in [-0.3, -0.25) is 14.5 Å². The van der Waals surface area contributed by atoms with Gasteiger partial charge >= 0.3 is 12.6 Å². The van der Waals surface area contributed by atoms with E-state index in [2.05, 4.69) is 4.74 Å². The first-order valence-corrected chi connectivity index (χ1v) is 8.76. The maximum absolute atomic E-state index is 12.4. The molecule has 0 atom stereocenters. The molecule has 0 unspecified atom stereocenters. The average molecular weight is 405 g/mol. The number of amides is 2. The van der Waals surface area contributed by atoms with Gasteiger partial charge in [0.15, 0.2) is 11.5 Å². The van der Waals surface area contributed by atoms with Crippen LogP contribution in [0.3, 0.4) is 0 Å². The number of hydrogen-bond donors (Lipinski definition) is 0. The van der Waals surface area contributed by atoms with E-state index >= 15 is 0 Å². The van der Waals surface area contributed by atoms with Crippen LogP contribution in [0, 0.1) is 0 Å². The number of rotatable bonds is 8. The third kappa shape index (κ3) is 4.34. The van der Waals surface area contributed by atoms with Crippen LogP contribution < -0.4 is 9.47 Å². The Hall–Kier alpha value is -3.49. The minimum Gasteiger partial charge on any atom is -0.490 e. The van der Waals surface area contributed by atoms with E-state index < -0.39 is 24.4 Å². The molecule has 9 heteroatoms. The molecule has 7 nitrogen and oxygen atoms in total. The van der Waals surface area contributed by atoms with E-state index in [0.29, 0.717) is 11.1 Å². The van der Waals surface area contributed by atoms with Crippen LogP contribution in [0.5, 0.6) is 11.5 Å². The quantitative estimate of drug-likeness (QED) is 0.496. The van der Waals surface area contributed by atoms with Crippen molar-refractivity contribution in [2.75, 3.05) is 19.8 Å². The summed E-state index contributed by atoms with van der Waals surface area (Å²) in [5, 5.41) is 0. The maximum atomic E-state index is 12.4. The van der Waals surface area contributed by atoms with Gasteiger partial charge in [0.25, 0.3) is 11.8 Å². The van der Waals surface area contributed by atoms with Gasteiger partial charge in [-0.2, -0.15) is 8.78 Å². The minimum absolute atomic E-state index is 0.0254. The molecule has 2 amide bonds. The standard InChI is InChI=1S/C20H17F2NO6/c1-2-27-16-11-12(7-8-15(16)29-20(21)22)19(26)28-10-9-23-17(24)13-5-3-4-6-14(13)18(23)25/h3-8,11,20H,2,9-10H2,1H3. The van der Waals surface area contributed by atoms with E-state index in [0.717, 1.165) is 4.90 Å². The second-order valence-electron chi connectivity index (χ2n) is 5.92. The minimum atomic E-state index is -3.04. The smallest absolute Gasteiger partial charge is 0.387 e. The molecule has 0 aromatic heterocycles. The van der Waals surface area contributed by atoms with Crippen molar-refractivity contribution >= 4 is 17.8 Å². The highest BCUT2D eigenvalue weighted by Crippen LogP contribution is 2.30. The summed E-state index contributed by atoms with van der Waals surface area (Å²) in [7, 11) is 0. The Morgan fingerprint density at radius 3 is 2.28 bits per heavy atom. The van der Waals surface area contributed by atoms with Crippen molar-refractivity contribution in [2.24, 2.45) is 0 Å². The van der Waals surface area contributed by atoms with Gasteiger partial charge in [-0.05, 0) is 37.3 Å². The largest absolute Gasteiger partial charge is 0.490 e. The van der Waals surface area contributed by atoms with E-state index in [9.17, 15) is 23.2 Å². The predicted molar refractivity (Wildman–Crippen MR) is 96.3 cm³/mol. The van der Waals surface area contributed by atoms with Crippen molar-refractivity contribution in [1.82, 2.24) is 4.90 Å². The predicted octanol–water partition coefficient (Wildman–Crippen LogP) is 3.14. The normalized spacial score (nSPS) is 12.9. The molecule has 0 fully saturated rings. The number of benzene rings is 2. The zero-order valence-electron chi connectivity index (χ0n) is 15.4. The Bertz CT molecular complexity index is 911. The lowest BCUT2D eigenvalue weighted by molar-refractivity contribution is -0.0514. The number of alkyl halides is 2. The van der Waals surface area contributed by atoms with E-state index in [1.165, 1.54) is 18.2 Å². The highest BCUT2D eigenvalue weighted by atomic mass is 19.3. The fourth-order valence-corrected chi connectivity index (χ4v) is 2.85. The van der Waals surface area contributed by atoms with E-state index in [4.69, 9.17) is 9.47 Å². The maximum Gasteiger partial charge on any atom is 0.387 e. The number of imide groups is 1. The Kier molecular flexibility index (Phi) is 6.06. The molecule has 2 aromatic rings. The molecular weight excluding hydrogens is 388 g/mol. The topological polar surface area (TPSA) is 82.1 Å². The Morgan fingerprint density at radius 2 is 1.69 bits per heavy atom. The summed E-state index contributed by atoms with van der Waals surface area (Å²) >= 11 is 0. The van der Waals surface area contributed by atoms with Gasteiger partial charge in [0, 0.05) is 0 Å². The molecule has 1 heterocycles. The molecule has 0 radical (unpaired) electrons. The monoisotopic (exact) mass is 405 g/mol. The number of hydrogen-bond acceptors (Lipinski definition) is 6. The Morgan fingerprint density at radius 1 is 1.03 bits per heavy atom. The van der Waals surface area contributed by atoms with Crippen LogP contribution in [0.2, 0.25) is 0 Å². The second kappa shape index (κ2) is 8.68. The molecule has 0 saturated heterocycles. The number of nitrogens with zero attached hydrogens (tertiary/aromatic N) is 1. The highest BCUT2D eigenvalue weighted by molar-refractivity contribution is 6.21. The lowest BCUT2D eigenvalue weighted by atomic mass is 10.1. The van der Waals surface area contributed by atoms with Gasteiger partial charge in [0.1, 0.15) is 6.61 Å². The van der Waals surface area contributed by atoms with Crippen LogP contribution in [0.25, 0.3) is 0 Å². The molecular formula is C20H17F2NO6. The number of fused-ring (bicyclic) bond motifs is 1. The van der Waals surface area contributed by atoms with Crippen LogP contribution >= 0.6 is 0 Å². The van der Waals surface area contributed by atoms with Crippen molar-refractivity contribution in [2.45, 2.75) is 13.5 Å². The van der Waals surface area contributed by atoms with Gasteiger partial charge in [-0.1, -0.05) is 12.1 Å². The van der Waals surface area contributed by atoms with Gasteiger partial charge < -0.3 is 14.2 Å². The van der Waals surface area contributed by atoms with Crippen LogP contribution in [-0.4, -0.2) is 49.1 Å². The summed E-state index contributed by atoms with van der Waals surface area (Å²) in [6, 6.07) is 10.1. The zero-order chi connectivity index (χ0) is 21.0. The number of carbonyl (C=O) groups is 3. The van der Waals surface area contributed by atoms with Gasteiger partial charge in [0.05, 0.1) is 29.8 Å². The van der Waals surface area contributed by atoms with Gasteiger partial charge in [0.2, 0.25) is 0 Å². The van der Waals surface area contributed by atoms with Crippen LogP contribution in [0.4, 0.5) is 8.78 Å². The third-order valence-corrected chi connectivity index (χ3v) is 4.12. The average Bonchev–Trinajstić information content (AvgIpc) is 2.94. The third-order valence-electron chi connectivity index (χ3n) is 4.12. The molecule has 1 aliphatic heterocycles. The molecule has 0 aliphatic carbocycles. The molecule has 2 aromatic carbocycles. The van der Waals surface area contributed by atoms with E-state index in [-0.39, 0.29) is 36.8 Å². The summed E-state index contributed by atoms with van der Waals surface area (Å²) in [6.45, 7) is -1.53. The summed E-state index contributed by atoms with van der Waals surface area (Å²) in [6.07, 6.45) is 0. The van der Waals surface area contributed by atoms with E-state index in [1.807, 2.05) is 0 Å².